The van der Waals surface area contributed by atoms with E-state index in [-0.39, 0.29) is 12.2 Å². The Balaban J connectivity index is 2.17. The van der Waals surface area contributed by atoms with Crippen LogP contribution in [0.2, 0.25) is 0 Å². The summed E-state index contributed by atoms with van der Waals surface area (Å²) in [5.74, 6) is 0.360. The molecule has 0 radical (unpaired) electrons. The lowest BCUT2D eigenvalue weighted by atomic mass is 10.1. The van der Waals surface area contributed by atoms with Gasteiger partial charge in [0.25, 0.3) is 0 Å². The van der Waals surface area contributed by atoms with Crippen LogP contribution in [0.4, 0.5) is 4.39 Å². The zero-order chi connectivity index (χ0) is 15.2. The van der Waals surface area contributed by atoms with Gasteiger partial charge in [0.05, 0.1) is 24.3 Å². The number of benzene rings is 2. The average Bonchev–Trinajstić information content (AvgIpc) is 2.53. The Morgan fingerprint density at radius 1 is 1.29 bits per heavy atom. The molecule has 0 aliphatic heterocycles. The van der Waals surface area contributed by atoms with Crippen LogP contribution in [0.3, 0.4) is 0 Å². The summed E-state index contributed by atoms with van der Waals surface area (Å²) in [6, 6.07) is 10.8. The van der Waals surface area contributed by atoms with Crippen molar-refractivity contribution in [2.24, 2.45) is 0 Å². The first kappa shape index (κ1) is 14.5. The summed E-state index contributed by atoms with van der Waals surface area (Å²) in [6.07, 6.45) is 0.646. The summed E-state index contributed by atoms with van der Waals surface area (Å²) in [7, 11) is 1.50. The molecule has 4 nitrogen and oxygen atoms in total. The number of halogens is 1. The minimum absolute atomic E-state index is 0.0370. The highest BCUT2D eigenvalue weighted by Gasteiger charge is 2.08. The summed E-state index contributed by atoms with van der Waals surface area (Å²) in [4.78, 5) is 11.0. The van der Waals surface area contributed by atoms with E-state index in [1.54, 1.807) is 12.1 Å². The molecular weight excluding hydrogens is 273 g/mol. The van der Waals surface area contributed by atoms with Crippen LogP contribution in [0.1, 0.15) is 21.5 Å². The lowest BCUT2D eigenvalue weighted by molar-refractivity contribution is 0.111. The predicted octanol–water partition coefficient (Wildman–Crippen LogP) is 3.10. The molecule has 0 spiro atoms. The Morgan fingerprint density at radius 3 is 2.71 bits per heavy atom. The third-order valence-corrected chi connectivity index (χ3v) is 2.91. The molecule has 21 heavy (non-hydrogen) atoms. The van der Waals surface area contributed by atoms with E-state index in [1.165, 1.54) is 25.3 Å². The van der Waals surface area contributed by atoms with Gasteiger partial charge in [0.1, 0.15) is 23.9 Å². The smallest absolute Gasteiger partial charge is 0.153 e. The van der Waals surface area contributed by atoms with Crippen LogP contribution in [0.15, 0.2) is 36.4 Å². The molecule has 5 heteroatoms. The molecule has 0 fully saturated rings. The molecule has 0 aliphatic carbocycles. The van der Waals surface area contributed by atoms with Crippen LogP contribution in [0.25, 0.3) is 0 Å². The maximum absolute atomic E-state index is 13.7. The van der Waals surface area contributed by atoms with E-state index in [9.17, 15) is 9.18 Å². The van der Waals surface area contributed by atoms with Crippen LogP contribution >= 0.6 is 0 Å². The second-order valence-electron chi connectivity index (χ2n) is 4.23. The number of aldehydes is 1. The van der Waals surface area contributed by atoms with Crippen LogP contribution in [0.5, 0.6) is 11.5 Å². The standard InChI is InChI=1S/C16H12FNO3/c1-20-14-4-5-16(13(7-14)9-19)21-10-12-3-2-11(8-18)6-15(12)17/h2-7,9H,10H2,1H3. The van der Waals surface area contributed by atoms with E-state index >= 15 is 0 Å². The van der Waals surface area contributed by atoms with Gasteiger partial charge in [0.2, 0.25) is 0 Å². The van der Waals surface area contributed by atoms with E-state index in [2.05, 4.69) is 0 Å². The van der Waals surface area contributed by atoms with Gasteiger partial charge in [0, 0.05) is 5.56 Å². The Labute approximate surface area is 121 Å². The van der Waals surface area contributed by atoms with Gasteiger partial charge in [-0.25, -0.2) is 4.39 Å². The maximum Gasteiger partial charge on any atom is 0.153 e. The monoisotopic (exact) mass is 285 g/mol. The summed E-state index contributed by atoms with van der Waals surface area (Å²) >= 11 is 0. The Bertz CT molecular complexity index is 707. The fraction of sp³-hybridized carbons (Fsp3) is 0.125. The van der Waals surface area contributed by atoms with Gasteiger partial charge < -0.3 is 9.47 Å². The van der Waals surface area contributed by atoms with Gasteiger partial charge in [-0.15, -0.1) is 0 Å². The Kier molecular flexibility index (Phi) is 4.52. The third-order valence-electron chi connectivity index (χ3n) is 2.91. The van der Waals surface area contributed by atoms with E-state index < -0.39 is 5.82 Å². The first-order valence-electron chi connectivity index (χ1n) is 6.12. The number of rotatable bonds is 5. The van der Waals surface area contributed by atoms with Gasteiger partial charge in [-0.2, -0.15) is 5.26 Å². The van der Waals surface area contributed by atoms with Crippen molar-refractivity contribution < 1.29 is 18.7 Å². The Hall–Kier alpha value is -2.87. The van der Waals surface area contributed by atoms with Crippen molar-refractivity contribution >= 4 is 6.29 Å². The molecule has 0 saturated heterocycles. The molecule has 2 aromatic rings. The fourth-order valence-electron chi connectivity index (χ4n) is 1.77. The van der Waals surface area contributed by atoms with Crippen LogP contribution in [-0.4, -0.2) is 13.4 Å². The van der Waals surface area contributed by atoms with Gasteiger partial charge in [-0.1, -0.05) is 6.07 Å². The van der Waals surface area contributed by atoms with Crippen LogP contribution in [-0.2, 0) is 6.61 Å². The van der Waals surface area contributed by atoms with Gasteiger partial charge in [0.15, 0.2) is 6.29 Å². The van der Waals surface area contributed by atoms with Crippen molar-refractivity contribution in [2.75, 3.05) is 7.11 Å². The third kappa shape index (κ3) is 3.37. The van der Waals surface area contributed by atoms with Gasteiger partial charge in [-0.3, -0.25) is 4.79 Å². The highest BCUT2D eigenvalue weighted by atomic mass is 19.1. The molecule has 2 aromatic carbocycles. The molecule has 0 aliphatic rings. The quantitative estimate of drug-likeness (QED) is 0.792. The van der Waals surface area contributed by atoms with Crippen molar-refractivity contribution in [3.8, 4) is 17.6 Å². The number of hydrogen-bond donors (Lipinski definition) is 0. The first-order valence-corrected chi connectivity index (χ1v) is 6.12. The molecule has 0 bridgehead atoms. The first-order chi connectivity index (χ1) is 10.2. The lowest BCUT2D eigenvalue weighted by Crippen LogP contribution is -2.01. The summed E-state index contributed by atoms with van der Waals surface area (Å²) < 4.78 is 24.2. The summed E-state index contributed by atoms with van der Waals surface area (Å²) in [5.41, 5.74) is 0.874. The zero-order valence-electron chi connectivity index (χ0n) is 11.3. The van der Waals surface area contributed by atoms with Gasteiger partial charge >= 0.3 is 0 Å². The van der Waals surface area contributed by atoms with Crippen molar-refractivity contribution in [3.63, 3.8) is 0 Å². The average molecular weight is 285 g/mol. The maximum atomic E-state index is 13.7. The fourth-order valence-corrected chi connectivity index (χ4v) is 1.77. The number of nitriles is 1. The SMILES string of the molecule is COc1ccc(OCc2ccc(C#N)cc2F)c(C=O)c1. The molecule has 0 heterocycles. The number of carbonyl (C=O) groups excluding carboxylic acids is 1. The summed E-state index contributed by atoms with van der Waals surface area (Å²) in [5, 5.41) is 8.68. The molecule has 0 N–H and O–H groups in total. The predicted molar refractivity (Wildman–Crippen MR) is 73.8 cm³/mol. The second kappa shape index (κ2) is 6.53. The molecule has 0 aromatic heterocycles. The van der Waals surface area contributed by atoms with E-state index in [4.69, 9.17) is 14.7 Å². The molecular formula is C16H12FNO3. The number of ether oxygens (including phenoxy) is 2. The van der Waals surface area contributed by atoms with E-state index in [0.717, 1.165) is 6.07 Å². The number of hydrogen-bond acceptors (Lipinski definition) is 4. The van der Waals surface area contributed by atoms with Crippen molar-refractivity contribution in [2.45, 2.75) is 6.61 Å². The number of carbonyl (C=O) groups is 1. The highest BCUT2D eigenvalue weighted by molar-refractivity contribution is 5.80. The normalized spacial score (nSPS) is 9.76. The van der Waals surface area contributed by atoms with Crippen LogP contribution in [0, 0.1) is 17.1 Å². The van der Waals surface area contributed by atoms with Crippen molar-refractivity contribution in [1.82, 2.24) is 0 Å². The lowest BCUT2D eigenvalue weighted by Gasteiger charge is -2.10. The molecule has 106 valence electrons. The largest absolute Gasteiger partial charge is 0.497 e. The molecule has 0 amide bonds. The number of methoxy groups -OCH3 is 1. The zero-order valence-corrected chi connectivity index (χ0v) is 11.3. The molecule has 0 unspecified atom stereocenters. The minimum atomic E-state index is -0.518. The van der Waals surface area contributed by atoms with Crippen molar-refractivity contribution in [1.29, 1.82) is 5.26 Å². The second-order valence-corrected chi connectivity index (χ2v) is 4.23. The van der Waals surface area contributed by atoms with E-state index in [1.807, 2.05) is 6.07 Å². The minimum Gasteiger partial charge on any atom is -0.497 e. The molecule has 0 saturated carbocycles. The van der Waals surface area contributed by atoms with Crippen LogP contribution < -0.4 is 9.47 Å². The van der Waals surface area contributed by atoms with E-state index in [0.29, 0.717) is 28.9 Å². The molecule has 2 rings (SSSR count). The summed E-state index contributed by atoms with van der Waals surface area (Å²) in [6.45, 7) is -0.0370. The highest BCUT2D eigenvalue weighted by Crippen LogP contribution is 2.24. The number of nitrogens with zero attached hydrogens (tertiary/aromatic N) is 1. The van der Waals surface area contributed by atoms with Gasteiger partial charge in [-0.05, 0) is 30.3 Å². The Morgan fingerprint density at radius 2 is 2.10 bits per heavy atom. The topological polar surface area (TPSA) is 59.3 Å². The molecule has 0 atom stereocenters. The van der Waals surface area contributed by atoms with Crippen molar-refractivity contribution in [3.05, 3.63) is 58.9 Å².